The van der Waals surface area contributed by atoms with E-state index in [2.05, 4.69) is 19.2 Å². The minimum Gasteiger partial charge on any atom is -0.377 e. The minimum absolute atomic E-state index is 0.180. The van der Waals surface area contributed by atoms with Gasteiger partial charge in [0.25, 0.3) is 0 Å². The summed E-state index contributed by atoms with van der Waals surface area (Å²) in [5, 5.41) is 3.65. The van der Waals surface area contributed by atoms with Crippen molar-refractivity contribution >= 4 is 0 Å². The molecule has 1 unspecified atom stereocenters. The van der Waals surface area contributed by atoms with Crippen LogP contribution in [0.25, 0.3) is 0 Å². The van der Waals surface area contributed by atoms with Crippen LogP contribution in [-0.4, -0.2) is 25.3 Å². The molecule has 1 atom stereocenters. The molecule has 0 bridgehead atoms. The molecule has 0 saturated heterocycles. The van der Waals surface area contributed by atoms with Crippen LogP contribution in [0.2, 0.25) is 0 Å². The quantitative estimate of drug-likeness (QED) is 0.730. The van der Waals surface area contributed by atoms with Gasteiger partial charge in [0, 0.05) is 19.7 Å². The maximum atomic E-state index is 5.59. The molecule has 2 rings (SSSR count). The summed E-state index contributed by atoms with van der Waals surface area (Å²) < 4.78 is 5.59. The molecule has 14 heavy (non-hydrogen) atoms. The van der Waals surface area contributed by atoms with Crippen LogP contribution in [-0.2, 0) is 4.74 Å². The van der Waals surface area contributed by atoms with E-state index in [1.165, 1.54) is 32.1 Å². The van der Waals surface area contributed by atoms with Crippen molar-refractivity contribution in [2.24, 2.45) is 5.41 Å². The fourth-order valence-electron chi connectivity index (χ4n) is 2.24. The van der Waals surface area contributed by atoms with Gasteiger partial charge in [0.05, 0.1) is 5.60 Å². The molecule has 0 heterocycles. The maximum Gasteiger partial charge on any atom is 0.0802 e. The number of methoxy groups -OCH3 is 1. The van der Waals surface area contributed by atoms with Crippen LogP contribution in [0.4, 0.5) is 0 Å². The average Bonchev–Trinajstić information content (AvgIpc) is 2.84. The zero-order valence-electron chi connectivity index (χ0n) is 9.73. The highest BCUT2D eigenvalue weighted by molar-refractivity contribution is 4.99. The van der Waals surface area contributed by atoms with Crippen molar-refractivity contribution in [3.05, 3.63) is 0 Å². The lowest BCUT2D eigenvalue weighted by molar-refractivity contribution is -0.0715. The smallest absolute Gasteiger partial charge is 0.0802 e. The van der Waals surface area contributed by atoms with E-state index >= 15 is 0 Å². The predicted molar refractivity (Wildman–Crippen MR) is 58.4 cm³/mol. The summed E-state index contributed by atoms with van der Waals surface area (Å²) in [7, 11) is 1.85. The summed E-state index contributed by atoms with van der Waals surface area (Å²) in [6.07, 6.45) is 6.59. The number of rotatable bonds is 5. The van der Waals surface area contributed by atoms with Gasteiger partial charge in [-0.1, -0.05) is 6.92 Å². The molecule has 82 valence electrons. The third-order valence-electron chi connectivity index (χ3n) is 4.51. The first-order chi connectivity index (χ1) is 6.60. The van der Waals surface area contributed by atoms with Crippen LogP contribution < -0.4 is 5.32 Å². The van der Waals surface area contributed by atoms with E-state index in [0.717, 1.165) is 6.54 Å². The fourth-order valence-corrected chi connectivity index (χ4v) is 2.24. The van der Waals surface area contributed by atoms with Crippen molar-refractivity contribution in [1.82, 2.24) is 5.32 Å². The Labute approximate surface area is 87.4 Å². The summed E-state index contributed by atoms with van der Waals surface area (Å²) in [6, 6.07) is 0.648. The van der Waals surface area contributed by atoms with E-state index in [1.54, 1.807) is 0 Å². The van der Waals surface area contributed by atoms with Crippen molar-refractivity contribution < 1.29 is 4.74 Å². The van der Waals surface area contributed by atoms with Crippen molar-refractivity contribution in [3.63, 3.8) is 0 Å². The van der Waals surface area contributed by atoms with Gasteiger partial charge in [0.1, 0.15) is 0 Å². The molecule has 2 saturated carbocycles. The van der Waals surface area contributed by atoms with Crippen LogP contribution >= 0.6 is 0 Å². The van der Waals surface area contributed by atoms with Gasteiger partial charge in [-0.25, -0.2) is 0 Å². The van der Waals surface area contributed by atoms with Gasteiger partial charge in [0.15, 0.2) is 0 Å². The second-order valence-corrected chi connectivity index (χ2v) is 5.50. The Kier molecular flexibility index (Phi) is 2.61. The summed E-state index contributed by atoms with van der Waals surface area (Å²) >= 11 is 0. The van der Waals surface area contributed by atoms with Gasteiger partial charge in [-0.05, 0) is 44.4 Å². The maximum absolute atomic E-state index is 5.59. The Morgan fingerprint density at radius 3 is 2.29 bits per heavy atom. The third kappa shape index (κ3) is 1.82. The zero-order valence-corrected chi connectivity index (χ0v) is 9.73. The summed E-state index contributed by atoms with van der Waals surface area (Å²) in [5.41, 5.74) is 0.762. The predicted octanol–water partition coefficient (Wildman–Crippen LogP) is 2.33. The Balaban J connectivity index is 1.76. The monoisotopic (exact) mass is 197 g/mol. The Hall–Kier alpha value is -0.0800. The highest BCUT2D eigenvalue weighted by Gasteiger charge is 2.44. The van der Waals surface area contributed by atoms with E-state index < -0.39 is 0 Å². The van der Waals surface area contributed by atoms with Gasteiger partial charge in [0.2, 0.25) is 0 Å². The number of ether oxygens (including phenoxy) is 1. The second-order valence-electron chi connectivity index (χ2n) is 5.50. The molecule has 1 N–H and O–H groups in total. The highest BCUT2D eigenvalue weighted by Crippen LogP contribution is 2.48. The first-order valence-corrected chi connectivity index (χ1v) is 5.89. The molecule has 0 radical (unpaired) electrons. The van der Waals surface area contributed by atoms with Crippen molar-refractivity contribution in [2.45, 2.75) is 57.6 Å². The molecule has 2 aliphatic carbocycles. The van der Waals surface area contributed by atoms with E-state index in [1.807, 2.05) is 7.11 Å². The van der Waals surface area contributed by atoms with Crippen LogP contribution in [0.5, 0.6) is 0 Å². The molecule has 2 nitrogen and oxygen atoms in total. The second kappa shape index (κ2) is 3.49. The highest BCUT2D eigenvalue weighted by atomic mass is 16.5. The Bertz CT molecular complexity index is 201. The van der Waals surface area contributed by atoms with Crippen molar-refractivity contribution in [1.29, 1.82) is 0 Å². The van der Waals surface area contributed by atoms with Crippen molar-refractivity contribution in [2.75, 3.05) is 13.7 Å². The molecule has 0 aromatic carbocycles. The van der Waals surface area contributed by atoms with E-state index in [4.69, 9.17) is 4.74 Å². The Morgan fingerprint density at radius 1 is 1.29 bits per heavy atom. The first kappa shape index (κ1) is 10.4. The van der Waals surface area contributed by atoms with Gasteiger partial charge in [-0.15, -0.1) is 0 Å². The fraction of sp³-hybridized carbons (Fsp3) is 1.00. The molecular weight excluding hydrogens is 174 g/mol. The lowest BCUT2D eigenvalue weighted by atomic mass is 9.79. The summed E-state index contributed by atoms with van der Waals surface area (Å²) in [5.74, 6) is 0. The number of hydrogen-bond donors (Lipinski definition) is 1. The molecule has 0 amide bonds. The lowest BCUT2D eigenvalue weighted by Crippen LogP contribution is -2.51. The van der Waals surface area contributed by atoms with Gasteiger partial charge >= 0.3 is 0 Å². The molecule has 2 aliphatic rings. The van der Waals surface area contributed by atoms with Gasteiger partial charge in [-0.3, -0.25) is 0 Å². The SMILES string of the molecule is COC1(CNC(C)C2(C)CC2)CCC1. The van der Waals surface area contributed by atoms with Crippen LogP contribution in [0, 0.1) is 5.41 Å². The van der Waals surface area contributed by atoms with E-state index in [0.29, 0.717) is 11.5 Å². The standard InChI is InChI=1S/C12H23NO/c1-10(11(2)7-8-11)13-9-12(14-3)5-4-6-12/h10,13H,4-9H2,1-3H3. The Morgan fingerprint density at radius 2 is 1.93 bits per heavy atom. The first-order valence-electron chi connectivity index (χ1n) is 5.89. The largest absolute Gasteiger partial charge is 0.377 e. The number of hydrogen-bond acceptors (Lipinski definition) is 2. The molecule has 2 fully saturated rings. The van der Waals surface area contributed by atoms with Crippen LogP contribution in [0.15, 0.2) is 0 Å². The third-order valence-corrected chi connectivity index (χ3v) is 4.51. The topological polar surface area (TPSA) is 21.3 Å². The summed E-state index contributed by atoms with van der Waals surface area (Å²) in [6.45, 7) is 5.74. The van der Waals surface area contributed by atoms with Crippen molar-refractivity contribution in [3.8, 4) is 0 Å². The molecule has 0 spiro atoms. The lowest BCUT2D eigenvalue weighted by Gasteiger charge is -2.42. The molecule has 2 heteroatoms. The summed E-state index contributed by atoms with van der Waals surface area (Å²) in [4.78, 5) is 0. The molecule has 0 aromatic rings. The zero-order chi connectivity index (χ0) is 10.2. The normalized spacial score (nSPS) is 29.4. The van der Waals surface area contributed by atoms with Crippen LogP contribution in [0.1, 0.15) is 46.0 Å². The van der Waals surface area contributed by atoms with E-state index in [9.17, 15) is 0 Å². The number of nitrogens with one attached hydrogen (secondary N) is 1. The minimum atomic E-state index is 0.180. The van der Waals surface area contributed by atoms with E-state index in [-0.39, 0.29) is 5.60 Å². The van der Waals surface area contributed by atoms with Gasteiger partial charge < -0.3 is 10.1 Å². The van der Waals surface area contributed by atoms with Gasteiger partial charge in [-0.2, -0.15) is 0 Å². The van der Waals surface area contributed by atoms with Crippen LogP contribution in [0.3, 0.4) is 0 Å². The molecule has 0 aromatic heterocycles. The average molecular weight is 197 g/mol. The molecular formula is C12H23NO. The molecule has 0 aliphatic heterocycles.